The summed E-state index contributed by atoms with van der Waals surface area (Å²) in [5, 5.41) is 3.26. The lowest BCUT2D eigenvalue weighted by Crippen LogP contribution is -2.45. The molecule has 1 saturated heterocycles. The molecule has 21 heavy (non-hydrogen) atoms. The van der Waals surface area contributed by atoms with Gasteiger partial charge in [-0.05, 0) is 56.4 Å². The Morgan fingerprint density at radius 1 is 1.24 bits per heavy atom. The molecule has 0 amide bonds. The van der Waals surface area contributed by atoms with Crippen LogP contribution in [0.4, 0.5) is 5.69 Å². The molecule has 0 aromatic heterocycles. The molecular formula is C16H26N2O2S. The summed E-state index contributed by atoms with van der Waals surface area (Å²) < 4.78 is 27.2. The minimum atomic E-state index is -3.38. The van der Waals surface area contributed by atoms with Crippen molar-refractivity contribution in [1.82, 2.24) is 4.31 Å². The Morgan fingerprint density at radius 3 is 2.52 bits per heavy atom. The van der Waals surface area contributed by atoms with Crippen LogP contribution in [-0.4, -0.2) is 31.9 Å². The zero-order chi connectivity index (χ0) is 15.5. The predicted octanol–water partition coefficient (Wildman–Crippen LogP) is 3.32. The lowest BCUT2D eigenvalue weighted by atomic mass is 9.94. The van der Waals surface area contributed by atoms with Crippen LogP contribution in [0.15, 0.2) is 29.2 Å². The third-order valence-electron chi connectivity index (χ3n) is 4.36. The summed E-state index contributed by atoms with van der Waals surface area (Å²) in [4.78, 5) is 0.394. The summed E-state index contributed by atoms with van der Waals surface area (Å²) in [6.45, 7) is 7.77. The molecule has 1 heterocycles. The highest BCUT2D eigenvalue weighted by Crippen LogP contribution is 2.29. The smallest absolute Gasteiger partial charge is 0.243 e. The van der Waals surface area contributed by atoms with Crippen LogP contribution in [0.3, 0.4) is 0 Å². The maximum atomic E-state index is 12.8. The Hall–Kier alpha value is -1.07. The van der Waals surface area contributed by atoms with Gasteiger partial charge in [0.1, 0.15) is 0 Å². The molecular weight excluding hydrogens is 284 g/mol. The maximum absolute atomic E-state index is 12.8. The van der Waals surface area contributed by atoms with Crippen LogP contribution in [0.1, 0.15) is 40.0 Å². The van der Waals surface area contributed by atoms with Gasteiger partial charge in [0.2, 0.25) is 10.0 Å². The second-order valence-electron chi connectivity index (χ2n) is 5.93. The van der Waals surface area contributed by atoms with Crippen molar-refractivity contribution in [3.05, 3.63) is 24.3 Å². The van der Waals surface area contributed by atoms with Crippen LogP contribution in [-0.2, 0) is 10.0 Å². The molecule has 0 radical (unpaired) electrons. The average Bonchev–Trinajstić information content (AvgIpc) is 2.48. The van der Waals surface area contributed by atoms with E-state index in [4.69, 9.17) is 0 Å². The number of anilines is 1. The highest BCUT2D eigenvalue weighted by Gasteiger charge is 2.34. The van der Waals surface area contributed by atoms with E-state index in [0.29, 0.717) is 17.4 Å². The van der Waals surface area contributed by atoms with E-state index < -0.39 is 10.0 Å². The lowest BCUT2D eigenvalue weighted by Gasteiger charge is -2.36. The minimum absolute atomic E-state index is 0.0710. The van der Waals surface area contributed by atoms with Crippen LogP contribution in [0.5, 0.6) is 0 Å². The number of nitrogens with zero attached hydrogens (tertiary/aromatic N) is 1. The van der Waals surface area contributed by atoms with Crippen LogP contribution in [0, 0.1) is 5.92 Å². The van der Waals surface area contributed by atoms with E-state index in [-0.39, 0.29) is 6.04 Å². The van der Waals surface area contributed by atoms with Gasteiger partial charge in [0, 0.05) is 24.8 Å². The quantitative estimate of drug-likeness (QED) is 0.907. The van der Waals surface area contributed by atoms with Crippen molar-refractivity contribution in [1.29, 1.82) is 0 Å². The van der Waals surface area contributed by atoms with Crippen LogP contribution < -0.4 is 5.32 Å². The van der Waals surface area contributed by atoms with Crippen molar-refractivity contribution in [2.45, 2.75) is 51.0 Å². The molecule has 118 valence electrons. The fourth-order valence-electron chi connectivity index (χ4n) is 2.79. The molecule has 0 aliphatic carbocycles. The monoisotopic (exact) mass is 310 g/mol. The normalized spacial score (nSPS) is 24.0. The van der Waals surface area contributed by atoms with E-state index in [1.807, 2.05) is 19.1 Å². The Bertz CT molecular complexity index is 554. The molecule has 2 unspecified atom stereocenters. The van der Waals surface area contributed by atoms with Crippen LogP contribution in [0.2, 0.25) is 0 Å². The van der Waals surface area contributed by atoms with Gasteiger partial charge in [0.05, 0.1) is 4.90 Å². The van der Waals surface area contributed by atoms with Gasteiger partial charge in [0.25, 0.3) is 0 Å². The summed E-state index contributed by atoms with van der Waals surface area (Å²) in [7, 11) is -3.38. The molecule has 1 aliphatic heterocycles. The molecule has 1 fully saturated rings. The van der Waals surface area contributed by atoms with Crippen molar-refractivity contribution in [3.63, 3.8) is 0 Å². The third-order valence-corrected chi connectivity index (χ3v) is 6.36. The van der Waals surface area contributed by atoms with E-state index in [9.17, 15) is 8.42 Å². The first-order chi connectivity index (χ1) is 9.96. The topological polar surface area (TPSA) is 49.4 Å². The van der Waals surface area contributed by atoms with E-state index in [1.165, 1.54) is 0 Å². The van der Waals surface area contributed by atoms with Crippen molar-refractivity contribution in [2.75, 3.05) is 18.4 Å². The van der Waals surface area contributed by atoms with Gasteiger partial charge in [-0.15, -0.1) is 0 Å². The average molecular weight is 310 g/mol. The summed E-state index contributed by atoms with van der Waals surface area (Å²) >= 11 is 0. The van der Waals surface area contributed by atoms with Gasteiger partial charge in [0.15, 0.2) is 0 Å². The summed E-state index contributed by atoms with van der Waals surface area (Å²) in [6, 6.07) is 7.18. The first kappa shape index (κ1) is 16.3. The molecule has 2 rings (SSSR count). The number of nitrogens with one attached hydrogen (secondary N) is 1. The molecule has 1 N–H and O–H groups in total. The Labute approximate surface area is 128 Å². The van der Waals surface area contributed by atoms with E-state index >= 15 is 0 Å². The number of hydrogen-bond donors (Lipinski definition) is 1. The van der Waals surface area contributed by atoms with E-state index in [2.05, 4.69) is 19.2 Å². The molecule has 0 bridgehead atoms. The van der Waals surface area contributed by atoms with Crippen molar-refractivity contribution in [3.8, 4) is 0 Å². The first-order valence-corrected chi connectivity index (χ1v) is 9.26. The van der Waals surface area contributed by atoms with E-state index in [0.717, 1.165) is 31.5 Å². The SMILES string of the molecule is CCCNc1ccc(S(=O)(=O)N2CCCC(C)C2C)cc1. The predicted molar refractivity (Wildman–Crippen MR) is 87.0 cm³/mol. The van der Waals surface area contributed by atoms with Gasteiger partial charge in [-0.3, -0.25) is 0 Å². The van der Waals surface area contributed by atoms with Crippen molar-refractivity contribution in [2.24, 2.45) is 5.92 Å². The second-order valence-corrected chi connectivity index (χ2v) is 7.82. The number of rotatable bonds is 5. The summed E-state index contributed by atoms with van der Waals surface area (Å²) in [6.07, 6.45) is 3.09. The minimum Gasteiger partial charge on any atom is -0.385 e. The number of piperidine rings is 1. The van der Waals surface area contributed by atoms with Crippen molar-refractivity contribution < 1.29 is 8.42 Å². The van der Waals surface area contributed by atoms with Gasteiger partial charge >= 0.3 is 0 Å². The highest BCUT2D eigenvalue weighted by molar-refractivity contribution is 7.89. The molecule has 2 atom stereocenters. The molecule has 5 heteroatoms. The first-order valence-electron chi connectivity index (χ1n) is 7.82. The number of benzene rings is 1. The lowest BCUT2D eigenvalue weighted by molar-refractivity contribution is 0.202. The highest BCUT2D eigenvalue weighted by atomic mass is 32.2. The zero-order valence-electron chi connectivity index (χ0n) is 13.2. The largest absolute Gasteiger partial charge is 0.385 e. The summed E-state index contributed by atoms with van der Waals surface area (Å²) in [5.41, 5.74) is 0.968. The fraction of sp³-hybridized carbons (Fsp3) is 0.625. The Morgan fingerprint density at radius 2 is 1.90 bits per heavy atom. The van der Waals surface area contributed by atoms with Gasteiger partial charge in [-0.2, -0.15) is 4.31 Å². The van der Waals surface area contributed by atoms with E-state index in [1.54, 1.807) is 16.4 Å². The standard InChI is InChI=1S/C16H26N2O2S/c1-4-11-17-15-7-9-16(10-8-15)21(19,20)18-12-5-6-13(2)14(18)3/h7-10,13-14,17H,4-6,11-12H2,1-3H3. The van der Waals surface area contributed by atoms with Crippen LogP contribution in [0.25, 0.3) is 0 Å². The van der Waals surface area contributed by atoms with Crippen molar-refractivity contribution >= 4 is 15.7 Å². The molecule has 1 aromatic carbocycles. The maximum Gasteiger partial charge on any atom is 0.243 e. The molecule has 0 spiro atoms. The fourth-order valence-corrected chi connectivity index (χ4v) is 4.55. The Balaban J connectivity index is 2.19. The molecule has 4 nitrogen and oxygen atoms in total. The molecule has 0 saturated carbocycles. The Kier molecular flexibility index (Phi) is 5.27. The second kappa shape index (κ2) is 6.79. The zero-order valence-corrected chi connectivity index (χ0v) is 14.0. The third kappa shape index (κ3) is 3.58. The molecule has 1 aliphatic rings. The molecule has 1 aromatic rings. The number of sulfonamides is 1. The van der Waals surface area contributed by atoms with Gasteiger partial charge in [-0.25, -0.2) is 8.42 Å². The summed E-state index contributed by atoms with van der Waals surface area (Å²) in [5.74, 6) is 0.416. The van der Waals surface area contributed by atoms with Gasteiger partial charge < -0.3 is 5.32 Å². The van der Waals surface area contributed by atoms with Gasteiger partial charge in [-0.1, -0.05) is 13.8 Å². The van der Waals surface area contributed by atoms with Crippen LogP contribution >= 0.6 is 0 Å². The number of hydrogen-bond acceptors (Lipinski definition) is 3.